The zero-order valence-electron chi connectivity index (χ0n) is 9.25. The molecule has 1 N–H and O–H groups in total. The Kier molecular flexibility index (Phi) is 3.05. The maximum Gasteiger partial charge on any atom is 0.219 e. The number of rotatable bonds is 3. The van der Waals surface area contributed by atoms with Crippen LogP contribution < -0.4 is 4.74 Å². The molecule has 4 nitrogen and oxygen atoms in total. The molecular formula is C13H11NO3. The maximum absolute atomic E-state index is 10.6. The van der Waals surface area contributed by atoms with Gasteiger partial charge in [0.15, 0.2) is 6.29 Å². The first-order valence-corrected chi connectivity index (χ1v) is 5.09. The lowest BCUT2D eigenvalue weighted by molar-refractivity contribution is 0.112. The SMILES string of the molecule is Cc1nc(Oc2ccc(O)cc2)ccc1C=O. The molecular weight excluding hydrogens is 218 g/mol. The number of phenols is 1. The smallest absolute Gasteiger partial charge is 0.219 e. The number of aldehydes is 1. The summed E-state index contributed by atoms with van der Waals surface area (Å²) in [7, 11) is 0. The molecule has 0 atom stereocenters. The van der Waals surface area contributed by atoms with Gasteiger partial charge in [0, 0.05) is 11.6 Å². The van der Waals surface area contributed by atoms with E-state index in [-0.39, 0.29) is 5.75 Å². The van der Waals surface area contributed by atoms with Gasteiger partial charge in [0.2, 0.25) is 5.88 Å². The van der Waals surface area contributed by atoms with Gasteiger partial charge in [-0.15, -0.1) is 0 Å². The van der Waals surface area contributed by atoms with Gasteiger partial charge in [-0.1, -0.05) is 0 Å². The number of aromatic nitrogens is 1. The second-order valence-corrected chi connectivity index (χ2v) is 3.54. The largest absolute Gasteiger partial charge is 0.508 e. The van der Waals surface area contributed by atoms with Crippen molar-refractivity contribution in [2.45, 2.75) is 6.92 Å². The molecule has 0 aliphatic rings. The zero-order chi connectivity index (χ0) is 12.3. The summed E-state index contributed by atoms with van der Waals surface area (Å²) in [5.74, 6) is 1.17. The van der Waals surface area contributed by atoms with Crippen LogP contribution in [0.1, 0.15) is 16.1 Å². The van der Waals surface area contributed by atoms with Gasteiger partial charge in [-0.3, -0.25) is 4.79 Å². The highest BCUT2D eigenvalue weighted by Gasteiger charge is 2.02. The average Bonchev–Trinajstić information content (AvgIpc) is 2.32. The van der Waals surface area contributed by atoms with Crippen molar-refractivity contribution in [1.82, 2.24) is 4.98 Å². The molecule has 0 spiro atoms. The van der Waals surface area contributed by atoms with Crippen LogP contribution in [0.2, 0.25) is 0 Å². The fraction of sp³-hybridized carbons (Fsp3) is 0.0769. The standard InChI is InChI=1S/C13H11NO3/c1-9-10(8-15)2-7-13(14-9)17-12-5-3-11(16)4-6-12/h2-8,16H,1H3. The van der Waals surface area contributed by atoms with E-state index >= 15 is 0 Å². The fourth-order valence-electron chi connectivity index (χ4n) is 1.37. The molecule has 2 rings (SSSR count). The predicted octanol–water partition coefficient (Wildman–Crippen LogP) is 2.70. The van der Waals surface area contributed by atoms with E-state index in [4.69, 9.17) is 9.84 Å². The molecule has 0 saturated carbocycles. The van der Waals surface area contributed by atoms with E-state index < -0.39 is 0 Å². The van der Waals surface area contributed by atoms with E-state index in [9.17, 15) is 4.79 Å². The van der Waals surface area contributed by atoms with Crippen LogP contribution in [0, 0.1) is 6.92 Å². The number of ether oxygens (including phenoxy) is 1. The molecule has 0 unspecified atom stereocenters. The van der Waals surface area contributed by atoms with Crippen LogP contribution in [0.25, 0.3) is 0 Å². The number of nitrogens with zero attached hydrogens (tertiary/aromatic N) is 1. The van der Waals surface area contributed by atoms with Crippen molar-refractivity contribution in [3.05, 3.63) is 47.7 Å². The average molecular weight is 229 g/mol. The van der Waals surface area contributed by atoms with Crippen LogP contribution >= 0.6 is 0 Å². The monoisotopic (exact) mass is 229 g/mol. The highest BCUT2D eigenvalue weighted by atomic mass is 16.5. The van der Waals surface area contributed by atoms with Gasteiger partial charge in [0.1, 0.15) is 11.5 Å². The molecule has 0 fully saturated rings. The molecule has 4 heteroatoms. The number of aryl methyl sites for hydroxylation is 1. The van der Waals surface area contributed by atoms with E-state index in [0.29, 0.717) is 22.9 Å². The predicted molar refractivity (Wildman–Crippen MR) is 62.5 cm³/mol. The third-order valence-corrected chi connectivity index (χ3v) is 2.29. The van der Waals surface area contributed by atoms with Crippen molar-refractivity contribution in [3.8, 4) is 17.4 Å². The Bertz CT molecular complexity index is 535. The number of hydrogen-bond donors (Lipinski definition) is 1. The van der Waals surface area contributed by atoms with Crippen molar-refractivity contribution in [2.75, 3.05) is 0 Å². The van der Waals surface area contributed by atoms with Crippen molar-refractivity contribution < 1.29 is 14.6 Å². The summed E-state index contributed by atoms with van der Waals surface area (Å²) in [6, 6.07) is 9.62. The first-order chi connectivity index (χ1) is 8.19. The quantitative estimate of drug-likeness (QED) is 0.822. The Morgan fingerprint density at radius 2 is 1.88 bits per heavy atom. The summed E-state index contributed by atoms with van der Waals surface area (Å²) in [4.78, 5) is 14.8. The van der Waals surface area contributed by atoms with Gasteiger partial charge in [-0.25, -0.2) is 4.98 Å². The summed E-state index contributed by atoms with van der Waals surface area (Å²) in [6.07, 6.45) is 0.757. The molecule has 1 heterocycles. The molecule has 0 radical (unpaired) electrons. The number of carbonyl (C=O) groups excluding carboxylic acids is 1. The normalized spacial score (nSPS) is 9.94. The van der Waals surface area contributed by atoms with Gasteiger partial charge in [-0.2, -0.15) is 0 Å². The molecule has 0 bridgehead atoms. The van der Waals surface area contributed by atoms with E-state index in [0.717, 1.165) is 6.29 Å². The summed E-state index contributed by atoms with van der Waals surface area (Å²) < 4.78 is 5.48. The molecule has 86 valence electrons. The van der Waals surface area contributed by atoms with E-state index in [1.807, 2.05) is 0 Å². The van der Waals surface area contributed by atoms with Crippen LogP contribution in [0.3, 0.4) is 0 Å². The van der Waals surface area contributed by atoms with Crippen molar-refractivity contribution in [1.29, 1.82) is 0 Å². The lowest BCUT2D eigenvalue weighted by Gasteiger charge is -2.06. The van der Waals surface area contributed by atoms with E-state index in [2.05, 4.69) is 4.98 Å². The summed E-state index contributed by atoms with van der Waals surface area (Å²) in [5, 5.41) is 9.13. The minimum absolute atomic E-state index is 0.179. The molecule has 0 amide bonds. The summed E-state index contributed by atoms with van der Waals surface area (Å²) in [5.41, 5.74) is 1.17. The zero-order valence-corrected chi connectivity index (χ0v) is 9.25. The molecule has 1 aromatic carbocycles. The number of phenolic OH excluding ortho intramolecular Hbond substituents is 1. The Labute approximate surface area is 98.5 Å². The topological polar surface area (TPSA) is 59.4 Å². The Hall–Kier alpha value is -2.36. The molecule has 2 aromatic rings. The number of benzene rings is 1. The minimum Gasteiger partial charge on any atom is -0.508 e. The van der Waals surface area contributed by atoms with Crippen LogP contribution in [0.15, 0.2) is 36.4 Å². The molecule has 0 saturated heterocycles. The summed E-state index contributed by atoms with van der Waals surface area (Å²) >= 11 is 0. The summed E-state index contributed by atoms with van der Waals surface area (Å²) in [6.45, 7) is 1.74. The number of hydrogen-bond acceptors (Lipinski definition) is 4. The highest BCUT2D eigenvalue weighted by molar-refractivity contribution is 5.76. The molecule has 1 aromatic heterocycles. The van der Waals surface area contributed by atoms with Crippen LogP contribution in [0.5, 0.6) is 17.4 Å². The number of pyridine rings is 1. The second kappa shape index (κ2) is 4.65. The third kappa shape index (κ3) is 2.60. The van der Waals surface area contributed by atoms with Gasteiger partial charge >= 0.3 is 0 Å². The Morgan fingerprint density at radius 3 is 2.47 bits per heavy atom. The van der Waals surface area contributed by atoms with E-state index in [1.54, 1.807) is 31.2 Å². The number of aromatic hydroxyl groups is 1. The van der Waals surface area contributed by atoms with Gasteiger partial charge in [-0.05, 0) is 37.3 Å². The van der Waals surface area contributed by atoms with Crippen molar-refractivity contribution in [3.63, 3.8) is 0 Å². The molecule has 0 aliphatic heterocycles. The second-order valence-electron chi connectivity index (χ2n) is 3.54. The lowest BCUT2D eigenvalue weighted by atomic mass is 10.2. The van der Waals surface area contributed by atoms with Crippen molar-refractivity contribution >= 4 is 6.29 Å². The van der Waals surface area contributed by atoms with Gasteiger partial charge < -0.3 is 9.84 Å². The van der Waals surface area contributed by atoms with Crippen molar-refractivity contribution in [2.24, 2.45) is 0 Å². The molecule has 0 aliphatic carbocycles. The Balaban J connectivity index is 2.21. The van der Waals surface area contributed by atoms with Crippen LogP contribution in [-0.4, -0.2) is 16.4 Å². The fourth-order valence-corrected chi connectivity index (χ4v) is 1.37. The lowest BCUT2D eigenvalue weighted by Crippen LogP contribution is -1.94. The Morgan fingerprint density at radius 1 is 1.18 bits per heavy atom. The first kappa shape index (κ1) is 11.1. The maximum atomic E-state index is 10.6. The van der Waals surface area contributed by atoms with Crippen LogP contribution in [0.4, 0.5) is 0 Å². The first-order valence-electron chi connectivity index (χ1n) is 5.09. The molecule has 17 heavy (non-hydrogen) atoms. The highest BCUT2D eigenvalue weighted by Crippen LogP contribution is 2.22. The number of carbonyl (C=O) groups is 1. The van der Waals surface area contributed by atoms with Gasteiger partial charge in [0.25, 0.3) is 0 Å². The third-order valence-electron chi connectivity index (χ3n) is 2.29. The minimum atomic E-state index is 0.179. The van der Waals surface area contributed by atoms with E-state index in [1.165, 1.54) is 12.1 Å². The van der Waals surface area contributed by atoms with Crippen LogP contribution in [-0.2, 0) is 0 Å². The van der Waals surface area contributed by atoms with Gasteiger partial charge in [0.05, 0.1) is 5.69 Å².